The van der Waals surface area contributed by atoms with Gasteiger partial charge in [-0.2, -0.15) is 14.6 Å². The Balaban J connectivity index is 0.00000437. The van der Waals surface area contributed by atoms with Crippen LogP contribution in [0, 0.1) is 16.7 Å². The minimum absolute atomic E-state index is 0.0517. The van der Waals surface area contributed by atoms with Crippen LogP contribution in [0.5, 0.6) is 0 Å². The largest absolute Gasteiger partial charge is 0.481 e. The van der Waals surface area contributed by atoms with Crippen LogP contribution in [-0.4, -0.2) is 177 Å². The van der Waals surface area contributed by atoms with Crippen LogP contribution >= 0.6 is 0 Å². The zero-order chi connectivity index (χ0) is 81.4. The number of aromatic amines is 1. The predicted molar refractivity (Wildman–Crippen MR) is 407 cm³/mol. The minimum atomic E-state index is -3.11. The molecule has 1 saturated heterocycles. The van der Waals surface area contributed by atoms with Gasteiger partial charge in [0.05, 0.1) is 54.1 Å². The predicted octanol–water partition coefficient (Wildman–Crippen LogP) is 5.30. The molecule has 590 valence electrons. The van der Waals surface area contributed by atoms with Gasteiger partial charge in [0.15, 0.2) is 34.8 Å². The molecular formula is C79H89N9O22Si2. The fourth-order valence-corrected chi connectivity index (χ4v) is 24.6. The van der Waals surface area contributed by atoms with E-state index in [-0.39, 0.29) is 96.1 Å². The molecule has 5 aromatic carbocycles. The number of Topliss-reactive ketones (excluding diaryl/α,β-unsaturated/α-hetero) is 1. The Bertz CT molecular complexity index is 4860. The summed E-state index contributed by atoms with van der Waals surface area (Å²) in [6.45, 7) is 14.0. The first-order chi connectivity index (χ1) is 53.0. The first-order valence-electron chi connectivity index (χ1n) is 36.2. The van der Waals surface area contributed by atoms with Gasteiger partial charge in [-0.25, -0.2) is 19.6 Å². The van der Waals surface area contributed by atoms with Crippen molar-refractivity contribution in [3.8, 4) is 0 Å². The number of esters is 4. The van der Waals surface area contributed by atoms with Crippen molar-refractivity contribution in [2.45, 2.75) is 166 Å². The lowest BCUT2D eigenvalue weighted by Crippen LogP contribution is -2.82. The molecule has 112 heavy (non-hydrogen) atoms. The van der Waals surface area contributed by atoms with Gasteiger partial charge < -0.3 is 75.2 Å². The standard InChI is InChI=1S/C78H89N9O20Si2.CO2/c1-43-55(104-73(100)63(94)61(46-18-12-10-13-19-46)85-70(97)47-20-14-11-15-21-47)39-78(101)67(65-76(6,56(90)38-57-77(65,42-102-57)106-45(3)89)66(95)64(103-44(2)88)60(43)75(78,4)5)105-72(99)49-26-32-53(33-27-49)108(7,8)107-109(9,37-17-23-59(92)93)54-34-30-51(31-35-54)83-58(91)22-16-36-80-69(96)48-24-28-50(29-25-48)81-40-52-41-82-68-62(84-52)71(98)87-74(79)86-68;2-1-3/h10-15,18-21,24-35,41,55-57,61,63-65,67,81,90,94,101H,16-17,22-23,36-40,42H2,1-9H3,(H,80,96)(H,83,91)(H,85,97)(H,92,93)(H3,79,82,86,87,98);/t55-,56-,57+,61-,63+,64+,65-,67-,76+,77-,78+,109?;/m0./s1. The van der Waals surface area contributed by atoms with Gasteiger partial charge in [0, 0.05) is 74.0 Å². The number of carboxylic acids is 1. The molecule has 1 unspecified atom stereocenters. The number of H-pyrrole nitrogens is 1. The number of ether oxygens (including phenoxy) is 5. The van der Waals surface area contributed by atoms with Crippen LogP contribution in [0.4, 0.5) is 17.3 Å². The third-order valence-electron chi connectivity index (χ3n) is 21.6. The summed E-state index contributed by atoms with van der Waals surface area (Å²) < 4.78 is 38.5. The summed E-state index contributed by atoms with van der Waals surface area (Å²) in [4.78, 5) is 168. The molecule has 12 atom stereocenters. The van der Waals surface area contributed by atoms with E-state index in [2.05, 4.69) is 41.2 Å². The number of fused-ring (bicyclic) bond motifs is 6. The molecule has 0 radical (unpaired) electrons. The van der Waals surface area contributed by atoms with E-state index in [1.54, 1.807) is 109 Å². The second-order valence-electron chi connectivity index (χ2n) is 29.6. The Morgan fingerprint density at radius 2 is 1.38 bits per heavy atom. The van der Waals surface area contributed by atoms with Crippen molar-refractivity contribution in [3.63, 3.8) is 0 Å². The number of aliphatic hydroxyl groups is 3. The fourth-order valence-electron chi connectivity index (χ4n) is 15.7. The maximum atomic E-state index is 16.0. The van der Waals surface area contributed by atoms with Crippen LogP contribution in [0.15, 0.2) is 156 Å². The van der Waals surface area contributed by atoms with E-state index in [1.165, 1.54) is 46.0 Å². The molecule has 2 bridgehead atoms. The number of rotatable bonds is 27. The average Bonchev–Trinajstić information content (AvgIpc) is 0.668. The summed E-state index contributed by atoms with van der Waals surface area (Å²) in [5, 5.41) is 61.8. The number of nitrogens with two attached hydrogens (primary N) is 1. The number of benzene rings is 5. The van der Waals surface area contributed by atoms with Gasteiger partial charge >= 0.3 is 36.0 Å². The summed E-state index contributed by atoms with van der Waals surface area (Å²) in [5.74, 6) is -9.10. The highest BCUT2D eigenvalue weighted by Crippen LogP contribution is 2.64. The van der Waals surface area contributed by atoms with Crippen LogP contribution < -0.4 is 42.9 Å². The summed E-state index contributed by atoms with van der Waals surface area (Å²) >= 11 is 0. The van der Waals surface area contributed by atoms with Gasteiger partial charge in [-0.15, -0.1) is 0 Å². The Kier molecular flexibility index (Phi) is 25.3. The van der Waals surface area contributed by atoms with E-state index in [1.807, 2.05) is 31.8 Å². The second kappa shape index (κ2) is 34.1. The summed E-state index contributed by atoms with van der Waals surface area (Å²) in [5.41, 5.74) is -0.665. The average molecular weight is 1570 g/mol. The molecule has 7 aromatic rings. The van der Waals surface area contributed by atoms with Gasteiger partial charge in [0.1, 0.15) is 23.9 Å². The molecule has 31 nitrogen and oxygen atoms in total. The molecule has 3 fully saturated rings. The molecule has 0 spiro atoms. The number of ketones is 1. The fraction of sp³-hybridized carbons (Fsp3) is 0.392. The van der Waals surface area contributed by atoms with Crippen molar-refractivity contribution in [3.05, 3.63) is 189 Å². The highest BCUT2D eigenvalue weighted by atomic mass is 28.4. The number of aromatic nitrogens is 4. The lowest BCUT2D eigenvalue weighted by molar-refractivity contribution is -0.346. The molecule has 4 aliphatic rings. The first kappa shape index (κ1) is 83.2. The zero-order valence-corrected chi connectivity index (χ0v) is 65.0. The quantitative estimate of drug-likeness (QED) is 0.0103. The van der Waals surface area contributed by atoms with Crippen molar-refractivity contribution in [2.75, 3.05) is 29.5 Å². The van der Waals surface area contributed by atoms with Crippen molar-refractivity contribution in [2.24, 2.45) is 16.7 Å². The van der Waals surface area contributed by atoms with Crippen LogP contribution in [0.3, 0.4) is 0 Å². The number of hydrogen-bond acceptors (Lipinski definition) is 26. The van der Waals surface area contributed by atoms with Crippen molar-refractivity contribution < 1.29 is 101 Å². The minimum Gasteiger partial charge on any atom is -0.481 e. The summed E-state index contributed by atoms with van der Waals surface area (Å²) in [7, 11) is -6.19. The molecular weight excluding hydrogens is 1480 g/mol. The van der Waals surface area contributed by atoms with Gasteiger partial charge in [-0.05, 0) is 140 Å². The normalized spacial score (nSPS) is 23.2. The van der Waals surface area contributed by atoms with Gasteiger partial charge in [0.2, 0.25) is 28.5 Å². The monoisotopic (exact) mass is 1570 g/mol. The number of carbonyl (C=O) groups excluding carboxylic acids is 10. The number of nitrogen functional groups attached to an aromatic ring is 1. The van der Waals surface area contributed by atoms with Crippen molar-refractivity contribution >= 4 is 115 Å². The summed E-state index contributed by atoms with van der Waals surface area (Å²) in [6.07, 6.45) is -9.13. The van der Waals surface area contributed by atoms with Crippen LogP contribution in [0.25, 0.3) is 11.2 Å². The molecule has 2 saturated carbocycles. The molecule has 11 rings (SSSR count). The number of carboxylic acid groups (broad SMARTS) is 1. The van der Waals surface area contributed by atoms with E-state index in [9.17, 15) is 58.8 Å². The topological polar surface area (TPSA) is 470 Å². The first-order valence-corrected chi connectivity index (χ1v) is 41.7. The lowest BCUT2D eigenvalue weighted by Gasteiger charge is -2.67. The molecule has 11 N–H and O–H groups in total. The van der Waals surface area contributed by atoms with Gasteiger partial charge in [0.25, 0.3) is 17.4 Å². The van der Waals surface area contributed by atoms with E-state index < -0.39 is 147 Å². The van der Waals surface area contributed by atoms with E-state index in [0.717, 1.165) is 19.0 Å². The molecule has 3 amide bonds. The maximum Gasteiger partial charge on any atom is 0.373 e. The second-order valence-corrected chi connectivity index (χ2v) is 37.6. The van der Waals surface area contributed by atoms with Crippen LogP contribution in [-0.2, 0) is 72.7 Å². The van der Waals surface area contributed by atoms with E-state index in [4.69, 9.17) is 43.1 Å². The van der Waals surface area contributed by atoms with E-state index in [0.29, 0.717) is 45.8 Å². The van der Waals surface area contributed by atoms with Gasteiger partial charge in [-0.3, -0.25) is 43.3 Å². The number of aliphatic carboxylic acids is 1. The van der Waals surface area contributed by atoms with Crippen molar-refractivity contribution in [1.82, 2.24) is 30.6 Å². The highest BCUT2D eigenvalue weighted by molar-refractivity contribution is 6.97. The molecule has 3 aliphatic carbocycles. The number of amides is 3. The number of aliphatic hydroxyl groups excluding tert-OH is 2. The Labute approximate surface area is 645 Å². The molecule has 1 aliphatic heterocycles. The Hall–Kier alpha value is -11.3. The maximum absolute atomic E-state index is 16.0. The number of nitrogens with zero attached hydrogens (tertiary/aromatic N) is 3. The third-order valence-corrected chi connectivity index (χ3v) is 30.0. The SMILES string of the molecule is CC(=O)O[C@H]1C(=O)[C@@]2(C)[C@H]([C@H](OC(=O)c3ccc([Si](C)(C)O[Si](C)(CCCC(=O)O)c4ccc(NC(=O)CCCNC(=O)c5ccc(NCc6cnc7nc(N)[nH]c(=O)c7n6)cc5)cc4)cc3)[C@]3(O)C[C@H](OC(=O)[C@H](O)[C@@H](NC(=O)c4ccccc4)c4ccccc4)C(C)=C1C3(C)C)[C@]1(OC(C)=O)CO[C@@H]1C[C@@H]2O.O=C=O. The molecule has 2 aromatic heterocycles. The van der Waals surface area contributed by atoms with Crippen molar-refractivity contribution in [1.29, 1.82) is 0 Å². The van der Waals surface area contributed by atoms with Gasteiger partial charge in [-0.1, -0.05) is 86.6 Å². The number of carbonyl (C=O) groups is 9. The number of nitrogens with one attached hydrogen (secondary N) is 5. The van der Waals surface area contributed by atoms with Crippen LogP contribution in [0.2, 0.25) is 25.7 Å². The van der Waals surface area contributed by atoms with E-state index >= 15 is 9.59 Å². The zero-order valence-electron chi connectivity index (χ0n) is 63.0. The Morgan fingerprint density at radius 1 is 0.768 bits per heavy atom. The number of anilines is 3. The Morgan fingerprint density at radius 3 is 2.00 bits per heavy atom. The molecule has 33 heteroatoms. The smallest absolute Gasteiger partial charge is 0.373 e. The molecule has 3 heterocycles. The number of hydrogen-bond donors (Lipinski definition) is 10. The summed E-state index contributed by atoms with van der Waals surface area (Å²) in [6, 6.07) is 35.4. The van der Waals surface area contributed by atoms with Crippen LogP contribution in [0.1, 0.15) is 128 Å². The lowest BCUT2D eigenvalue weighted by atomic mass is 9.44. The third kappa shape index (κ3) is 17.6. The highest BCUT2D eigenvalue weighted by Gasteiger charge is 2.78.